The first-order chi connectivity index (χ1) is 18.5. The highest BCUT2D eigenvalue weighted by Crippen LogP contribution is 2.41. The maximum atomic E-state index is 13.5. The molecular formula is C30H33N5O3. The van der Waals surface area contributed by atoms with E-state index in [4.69, 9.17) is 0 Å². The zero-order chi connectivity index (χ0) is 26.2. The summed E-state index contributed by atoms with van der Waals surface area (Å²) in [6.45, 7) is 5.47. The second kappa shape index (κ2) is 10.2. The summed E-state index contributed by atoms with van der Waals surface area (Å²) < 4.78 is 0. The van der Waals surface area contributed by atoms with Gasteiger partial charge in [0.05, 0.1) is 17.2 Å². The summed E-state index contributed by atoms with van der Waals surface area (Å²) in [6, 6.07) is 9.71. The highest BCUT2D eigenvalue weighted by Gasteiger charge is 2.32. The van der Waals surface area contributed by atoms with Crippen molar-refractivity contribution in [2.45, 2.75) is 38.7 Å². The molecule has 6 rings (SSSR count). The molecular weight excluding hydrogens is 478 g/mol. The number of H-pyrrole nitrogens is 1. The average Bonchev–Trinajstić information content (AvgIpc) is 3.42. The van der Waals surface area contributed by atoms with Crippen LogP contribution in [0.5, 0.6) is 0 Å². The Morgan fingerprint density at radius 1 is 1.03 bits per heavy atom. The largest absolute Gasteiger partial charge is 0.390 e. The van der Waals surface area contributed by atoms with Crippen molar-refractivity contribution in [1.82, 2.24) is 19.8 Å². The lowest BCUT2D eigenvalue weighted by molar-refractivity contribution is -0.110. The van der Waals surface area contributed by atoms with Crippen LogP contribution in [0.1, 0.15) is 52.1 Å². The third-order valence-electron chi connectivity index (χ3n) is 7.95. The summed E-state index contributed by atoms with van der Waals surface area (Å²) in [5.41, 5.74) is 7.27. The Morgan fingerprint density at radius 3 is 2.61 bits per heavy atom. The Bertz CT molecular complexity index is 1400. The van der Waals surface area contributed by atoms with Crippen LogP contribution >= 0.6 is 0 Å². The predicted octanol–water partition coefficient (Wildman–Crippen LogP) is 3.72. The number of carbonyl (C=O) groups is 2. The number of hydrogen-bond donors (Lipinski definition) is 3. The van der Waals surface area contributed by atoms with Gasteiger partial charge in [0.1, 0.15) is 0 Å². The smallest absolute Gasteiger partial charge is 0.256 e. The van der Waals surface area contributed by atoms with Gasteiger partial charge in [-0.2, -0.15) is 0 Å². The van der Waals surface area contributed by atoms with Crippen molar-refractivity contribution in [2.75, 3.05) is 38.0 Å². The molecule has 0 bridgehead atoms. The quantitative estimate of drug-likeness (QED) is 0.438. The summed E-state index contributed by atoms with van der Waals surface area (Å²) in [4.78, 5) is 38.2. The predicted molar refractivity (Wildman–Crippen MR) is 148 cm³/mol. The molecule has 0 aliphatic carbocycles. The lowest BCUT2D eigenvalue weighted by atomic mass is 9.94. The molecule has 2 amide bonds. The van der Waals surface area contributed by atoms with E-state index in [-0.39, 0.29) is 11.8 Å². The number of amides is 2. The van der Waals surface area contributed by atoms with Crippen LogP contribution in [0.3, 0.4) is 0 Å². The van der Waals surface area contributed by atoms with Crippen LogP contribution in [-0.4, -0.2) is 75.5 Å². The lowest BCUT2D eigenvalue weighted by Gasteiger charge is -2.32. The molecule has 3 N–H and O–H groups in total. The van der Waals surface area contributed by atoms with E-state index in [1.165, 1.54) is 19.3 Å². The Kier molecular flexibility index (Phi) is 6.59. The van der Waals surface area contributed by atoms with E-state index in [9.17, 15) is 14.7 Å². The van der Waals surface area contributed by atoms with Crippen LogP contribution in [0.4, 0.5) is 5.69 Å². The molecule has 3 aromatic rings. The fourth-order valence-corrected chi connectivity index (χ4v) is 6.04. The molecule has 1 atom stereocenters. The maximum absolute atomic E-state index is 13.5. The number of anilines is 1. The average molecular weight is 512 g/mol. The zero-order valence-electron chi connectivity index (χ0n) is 21.7. The molecule has 8 nitrogen and oxygen atoms in total. The number of rotatable bonds is 6. The van der Waals surface area contributed by atoms with Crippen molar-refractivity contribution in [3.05, 3.63) is 70.8 Å². The van der Waals surface area contributed by atoms with E-state index in [1.807, 2.05) is 43.3 Å². The minimum absolute atomic E-state index is 0.0592. The zero-order valence-corrected chi connectivity index (χ0v) is 21.7. The van der Waals surface area contributed by atoms with E-state index < -0.39 is 6.10 Å². The number of piperidine rings is 1. The normalized spacial score (nSPS) is 19.4. The van der Waals surface area contributed by atoms with Crippen molar-refractivity contribution in [3.63, 3.8) is 0 Å². The summed E-state index contributed by atoms with van der Waals surface area (Å²) >= 11 is 0. The highest BCUT2D eigenvalue weighted by molar-refractivity contribution is 6.36. The molecule has 1 fully saturated rings. The number of benzene rings is 1. The molecule has 3 aliphatic heterocycles. The molecule has 8 heteroatoms. The second-order valence-electron chi connectivity index (χ2n) is 10.5. The van der Waals surface area contributed by atoms with Gasteiger partial charge in [-0.05, 0) is 73.8 Å². The number of likely N-dealkylation sites (tertiary alicyclic amines) is 1. The maximum Gasteiger partial charge on any atom is 0.256 e. The van der Waals surface area contributed by atoms with Crippen LogP contribution in [0, 0.1) is 6.92 Å². The van der Waals surface area contributed by atoms with Gasteiger partial charge in [-0.15, -0.1) is 0 Å². The number of nitrogens with zero attached hydrogens (tertiary/aromatic N) is 3. The number of β-amino-alcohol motifs (C(OH)–C–C–N with tert-alkyl or cyclic N) is 1. The van der Waals surface area contributed by atoms with Crippen LogP contribution in [-0.2, 0) is 11.2 Å². The van der Waals surface area contributed by atoms with E-state index in [2.05, 4.69) is 20.2 Å². The third-order valence-corrected chi connectivity index (χ3v) is 7.95. The van der Waals surface area contributed by atoms with Gasteiger partial charge in [0, 0.05) is 61.1 Å². The van der Waals surface area contributed by atoms with Crippen molar-refractivity contribution in [3.8, 4) is 11.1 Å². The second-order valence-corrected chi connectivity index (χ2v) is 10.5. The topological polar surface area (TPSA) is 102 Å². The summed E-state index contributed by atoms with van der Waals surface area (Å²) in [7, 11) is 0. The Labute approximate surface area is 222 Å². The van der Waals surface area contributed by atoms with Crippen LogP contribution < -0.4 is 5.32 Å². The minimum atomic E-state index is -0.565. The molecule has 0 spiro atoms. The highest BCUT2D eigenvalue weighted by atomic mass is 16.3. The van der Waals surface area contributed by atoms with Gasteiger partial charge in [0.15, 0.2) is 0 Å². The number of aromatic nitrogens is 2. The number of nitrogens with one attached hydrogen (secondary N) is 2. The van der Waals surface area contributed by atoms with Gasteiger partial charge in [-0.3, -0.25) is 14.6 Å². The molecule has 38 heavy (non-hydrogen) atoms. The lowest BCUT2D eigenvalue weighted by Crippen LogP contribution is -2.46. The molecule has 3 aliphatic rings. The van der Waals surface area contributed by atoms with Crippen molar-refractivity contribution < 1.29 is 14.7 Å². The Hall–Kier alpha value is -3.75. The van der Waals surface area contributed by atoms with Gasteiger partial charge >= 0.3 is 0 Å². The minimum Gasteiger partial charge on any atom is -0.390 e. The summed E-state index contributed by atoms with van der Waals surface area (Å²) in [5, 5.41) is 13.7. The standard InChI is InChI=1S/C30H33N5O3/c1-19-26(16-23-28-22(20-8-11-31-12-9-20)6-5-7-24(28)33-29(23)37)32-25-10-15-35(30(38)27(19)25)18-21(36)17-34-13-3-2-4-14-34/h5-9,11-12,16,21,32,36H,2-4,10,13-15,17-18H2,1H3,(H,33,37)/b23-16-. The molecule has 2 aromatic heterocycles. The molecule has 196 valence electrons. The van der Waals surface area contributed by atoms with Gasteiger partial charge < -0.3 is 25.2 Å². The monoisotopic (exact) mass is 511 g/mol. The van der Waals surface area contributed by atoms with E-state index in [1.54, 1.807) is 17.3 Å². The number of aromatic amines is 1. The SMILES string of the molecule is Cc1c(/C=C2\C(=O)Nc3cccc(-c4ccncc4)c32)[nH]c2c1C(=O)N(CC(O)CN1CCCCC1)CC2. The number of carbonyl (C=O) groups excluding carboxylic acids is 2. The van der Waals surface area contributed by atoms with Crippen LogP contribution in [0.15, 0.2) is 42.7 Å². The van der Waals surface area contributed by atoms with Crippen LogP contribution in [0.2, 0.25) is 0 Å². The molecule has 1 unspecified atom stereocenters. The van der Waals surface area contributed by atoms with E-state index >= 15 is 0 Å². The third kappa shape index (κ3) is 4.54. The van der Waals surface area contributed by atoms with Crippen LogP contribution in [0.25, 0.3) is 22.8 Å². The number of hydrogen-bond acceptors (Lipinski definition) is 5. The Balaban J connectivity index is 1.27. The molecule has 0 radical (unpaired) electrons. The number of fused-ring (bicyclic) bond motifs is 2. The van der Waals surface area contributed by atoms with Crippen molar-refractivity contribution >= 4 is 29.2 Å². The first kappa shape index (κ1) is 24.6. The molecule has 5 heterocycles. The summed E-state index contributed by atoms with van der Waals surface area (Å²) in [5.74, 6) is -0.224. The molecule has 1 saturated heterocycles. The first-order valence-corrected chi connectivity index (χ1v) is 13.5. The summed E-state index contributed by atoms with van der Waals surface area (Å²) in [6.07, 6.45) is 9.07. The van der Waals surface area contributed by atoms with E-state index in [0.717, 1.165) is 52.4 Å². The fraction of sp³-hybridized carbons (Fsp3) is 0.367. The first-order valence-electron chi connectivity index (χ1n) is 13.5. The van der Waals surface area contributed by atoms with Crippen molar-refractivity contribution in [2.24, 2.45) is 0 Å². The number of aliphatic hydroxyl groups excluding tert-OH is 1. The molecule has 0 saturated carbocycles. The molecule has 1 aromatic carbocycles. The van der Waals surface area contributed by atoms with Gasteiger partial charge in [-0.1, -0.05) is 18.6 Å². The van der Waals surface area contributed by atoms with E-state index in [0.29, 0.717) is 37.2 Å². The van der Waals surface area contributed by atoms with Crippen molar-refractivity contribution in [1.29, 1.82) is 0 Å². The Morgan fingerprint density at radius 2 is 1.82 bits per heavy atom. The van der Waals surface area contributed by atoms with Gasteiger partial charge in [0.25, 0.3) is 11.8 Å². The number of pyridine rings is 1. The fourth-order valence-electron chi connectivity index (χ4n) is 6.04. The van der Waals surface area contributed by atoms with Gasteiger partial charge in [-0.25, -0.2) is 0 Å². The van der Waals surface area contributed by atoms with Gasteiger partial charge in [0.2, 0.25) is 0 Å². The number of aliphatic hydroxyl groups is 1.